The normalized spacial score (nSPS) is 20.5. The van der Waals surface area contributed by atoms with Gasteiger partial charge in [-0.1, -0.05) is 26.2 Å². The van der Waals surface area contributed by atoms with Gasteiger partial charge in [-0.3, -0.25) is 4.79 Å². The van der Waals surface area contributed by atoms with E-state index in [9.17, 15) is 4.79 Å². The molecule has 1 atom stereocenters. The van der Waals surface area contributed by atoms with Gasteiger partial charge in [0.15, 0.2) is 0 Å². The standard InChI is InChI=1S/C12H24N2O/c1-3-12(2,9-13)11(15)14-8-7-10-5-4-6-10/h10H,3-9,13H2,1-2H3,(H,14,15). The summed E-state index contributed by atoms with van der Waals surface area (Å²) in [7, 11) is 0. The molecule has 0 saturated heterocycles. The minimum absolute atomic E-state index is 0.117. The Labute approximate surface area is 92.8 Å². The minimum Gasteiger partial charge on any atom is -0.356 e. The van der Waals surface area contributed by atoms with E-state index < -0.39 is 0 Å². The number of amides is 1. The molecule has 1 aliphatic rings. The molecular formula is C12H24N2O. The van der Waals surface area contributed by atoms with Crippen LogP contribution in [0.5, 0.6) is 0 Å². The maximum atomic E-state index is 11.8. The Hall–Kier alpha value is -0.570. The fourth-order valence-electron chi connectivity index (χ4n) is 1.78. The van der Waals surface area contributed by atoms with Crippen molar-refractivity contribution in [2.24, 2.45) is 17.1 Å². The monoisotopic (exact) mass is 212 g/mol. The molecule has 0 aromatic heterocycles. The van der Waals surface area contributed by atoms with E-state index in [2.05, 4.69) is 5.32 Å². The summed E-state index contributed by atoms with van der Waals surface area (Å²) < 4.78 is 0. The second-order valence-corrected chi connectivity index (χ2v) is 4.96. The molecule has 1 rings (SSSR count). The zero-order valence-corrected chi connectivity index (χ0v) is 10.0. The predicted octanol–water partition coefficient (Wildman–Crippen LogP) is 1.67. The highest BCUT2D eigenvalue weighted by molar-refractivity contribution is 5.82. The maximum absolute atomic E-state index is 11.8. The molecule has 1 unspecified atom stereocenters. The average Bonchev–Trinajstić information content (AvgIpc) is 2.20. The summed E-state index contributed by atoms with van der Waals surface area (Å²) >= 11 is 0. The van der Waals surface area contributed by atoms with Gasteiger partial charge in [-0.15, -0.1) is 0 Å². The van der Waals surface area contributed by atoms with Crippen LogP contribution in [0.25, 0.3) is 0 Å². The van der Waals surface area contributed by atoms with Gasteiger partial charge in [0.05, 0.1) is 5.41 Å². The number of hydrogen-bond donors (Lipinski definition) is 2. The summed E-state index contributed by atoms with van der Waals surface area (Å²) in [5, 5.41) is 3.01. The molecule has 0 heterocycles. The van der Waals surface area contributed by atoms with Crippen molar-refractivity contribution in [3.05, 3.63) is 0 Å². The van der Waals surface area contributed by atoms with Crippen LogP contribution in [0.4, 0.5) is 0 Å². The van der Waals surface area contributed by atoms with E-state index in [1.165, 1.54) is 19.3 Å². The predicted molar refractivity (Wildman–Crippen MR) is 62.4 cm³/mol. The lowest BCUT2D eigenvalue weighted by Crippen LogP contribution is -2.44. The fourth-order valence-corrected chi connectivity index (χ4v) is 1.78. The lowest BCUT2D eigenvalue weighted by Gasteiger charge is -2.28. The van der Waals surface area contributed by atoms with Crippen LogP contribution in [0, 0.1) is 11.3 Å². The SMILES string of the molecule is CCC(C)(CN)C(=O)NCCC1CCC1. The number of carbonyl (C=O) groups is 1. The van der Waals surface area contributed by atoms with Crippen LogP contribution < -0.4 is 11.1 Å². The minimum atomic E-state index is -0.375. The third-order valence-corrected chi connectivity index (χ3v) is 3.84. The smallest absolute Gasteiger partial charge is 0.227 e. The summed E-state index contributed by atoms with van der Waals surface area (Å²) in [4.78, 5) is 11.8. The van der Waals surface area contributed by atoms with Gasteiger partial charge in [0.1, 0.15) is 0 Å². The van der Waals surface area contributed by atoms with Crippen molar-refractivity contribution < 1.29 is 4.79 Å². The van der Waals surface area contributed by atoms with Crippen molar-refractivity contribution in [3.63, 3.8) is 0 Å². The summed E-state index contributed by atoms with van der Waals surface area (Å²) in [5.41, 5.74) is 5.25. The van der Waals surface area contributed by atoms with E-state index in [0.717, 1.165) is 25.3 Å². The van der Waals surface area contributed by atoms with Gasteiger partial charge in [-0.2, -0.15) is 0 Å². The van der Waals surface area contributed by atoms with E-state index in [-0.39, 0.29) is 11.3 Å². The molecule has 0 bridgehead atoms. The third-order valence-electron chi connectivity index (χ3n) is 3.84. The van der Waals surface area contributed by atoms with Crippen molar-refractivity contribution in [2.45, 2.75) is 46.0 Å². The van der Waals surface area contributed by atoms with E-state index in [0.29, 0.717) is 6.54 Å². The maximum Gasteiger partial charge on any atom is 0.227 e. The molecule has 3 N–H and O–H groups in total. The lowest BCUT2D eigenvalue weighted by atomic mass is 9.82. The first-order chi connectivity index (χ1) is 7.12. The Kier molecular flexibility index (Phi) is 4.58. The number of rotatable bonds is 6. The zero-order valence-electron chi connectivity index (χ0n) is 10.0. The van der Waals surface area contributed by atoms with E-state index in [1.54, 1.807) is 0 Å². The molecule has 3 heteroatoms. The van der Waals surface area contributed by atoms with Crippen LogP contribution in [0.2, 0.25) is 0 Å². The van der Waals surface area contributed by atoms with Crippen LogP contribution in [0.1, 0.15) is 46.0 Å². The molecule has 1 fully saturated rings. The molecule has 1 amide bonds. The Morgan fingerprint density at radius 1 is 1.53 bits per heavy atom. The largest absolute Gasteiger partial charge is 0.356 e. The molecule has 0 spiro atoms. The Bertz CT molecular complexity index is 208. The summed E-state index contributed by atoms with van der Waals surface area (Å²) in [6, 6.07) is 0. The molecule has 0 radical (unpaired) electrons. The van der Waals surface area contributed by atoms with Crippen LogP contribution in [-0.2, 0) is 4.79 Å². The van der Waals surface area contributed by atoms with Crippen molar-refractivity contribution in [1.29, 1.82) is 0 Å². The average molecular weight is 212 g/mol. The van der Waals surface area contributed by atoms with E-state index >= 15 is 0 Å². The Balaban J connectivity index is 2.21. The first-order valence-electron chi connectivity index (χ1n) is 6.10. The summed E-state index contributed by atoms with van der Waals surface area (Å²) in [6.45, 7) is 5.20. The lowest BCUT2D eigenvalue weighted by molar-refractivity contribution is -0.129. The van der Waals surface area contributed by atoms with Crippen LogP contribution in [0.15, 0.2) is 0 Å². The van der Waals surface area contributed by atoms with Gasteiger partial charge >= 0.3 is 0 Å². The molecule has 3 nitrogen and oxygen atoms in total. The van der Waals surface area contributed by atoms with Crippen LogP contribution in [0.3, 0.4) is 0 Å². The molecule has 0 aliphatic heterocycles. The fraction of sp³-hybridized carbons (Fsp3) is 0.917. The van der Waals surface area contributed by atoms with Gasteiger partial charge in [0, 0.05) is 13.1 Å². The zero-order chi connectivity index (χ0) is 11.3. The molecule has 0 aromatic carbocycles. The number of hydrogen-bond acceptors (Lipinski definition) is 2. The van der Waals surface area contributed by atoms with Crippen molar-refractivity contribution in [2.75, 3.05) is 13.1 Å². The van der Waals surface area contributed by atoms with Gasteiger partial charge in [-0.25, -0.2) is 0 Å². The highest BCUT2D eigenvalue weighted by atomic mass is 16.2. The highest BCUT2D eigenvalue weighted by Gasteiger charge is 2.29. The first-order valence-corrected chi connectivity index (χ1v) is 6.10. The van der Waals surface area contributed by atoms with Crippen LogP contribution >= 0.6 is 0 Å². The quantitative estimate of drug-likeness (QED) is 0.703. The molecule has 0 aromatic rings. The van der Waals surface area contributed by atoms with Crippen molar-refractivity contribution >= 4 is 5.91 Å². The Morgan fingerprint density at radius 2 is 2.20 bits per heavy atom. The second-order valence-electron chi connectivity index (χ2n) is 4.96. The van der Waals surface area contributed by atoms with Gasteiger partial charge in [0.25, 0.3) is 0 Å². The molecule has 15 heavy (non-hydrogen) atoms. The second kappa shape index (κ2) is 5.50. The molecule has 1 saturated carbocycles. The van der Waals surface area contributed by atoms with E-state index in [4.69, 9.17) is 5.73 Å². The van der Waals surface area contributed by atoms with E-state index in [1.807, 2.05) is 13.8 Å². The Morgan fingerprint density at radius 3 is 2.60 bits per heavy atom. The topological polar surface area (TPSA) is 55.1 Å². The third kappa shape index (κ3) is 3.20. The summed E-state index contributed by atoms with van der Waals surface area (Å²) in [5.74, 6) is 0.975. The number of nitrogens with two attached hydrogens (primary N) is 1. The number of nitrogens with one attached hydrogen (secondary N) is 1. The van der Waals surface area contributed by atoms with Gasteiger partial charge in [0.2, 0.25) is 5.91 Å². The highest BCUT2D eigenvalue weighted by Crippen LogP contribution is 2.28. The van der Waals surface area contributed by atoms with Crippen molar-refractivity contribution in [3.8, 4) is 0 Å². The van der Waals surface area contributed by atoms with Gasteiger partial charge in [-0.05, 0) is 25.7 Å². The first kappa shape index (κ1) is 12.5. The summed E-state index contributed by atoms with van der Waals surface area (Å²) in [6.07, 6.45) is 6.00. The van der Waals surface area contributed by atoms with Crippen molar-refractivity contribution in [1.82, 2.24) is 5.32 Å². The van der Waals surface area contributed by atoms with Crippen LogP contribution in [-0.4, -0.2) is 19.0 Å². The number of carbonyl (C=O) groups excluding carboxylic acids is 1. The molecule has 1 aliphatic carbocycles. The molecular weight excluding hydrogens is 188 g/mol. The van der Waals surface area contributed by atoms with Gasteiger partial charge < -0.3 is 11.1 Å². The molecule has 88 valence electrons.